The Hall–Kier alpha value is -2.89. The molecule has 0 aliphatic carbocycles. The van der Waals surface area contributed by atoms with Gasteiger partial charge in [-0.25, -0.2) is 0 Å². The Morgan fingerprint density at radius 2 is 0.793 bits per heavy atom. The molecule has 0 saturated carbocycles. The third-order valence-electron chi connectivity index (χ3n) is 5.24. The SMILES string of the molecule is Cc1ccc(P(=Nc2ccccc2)(c2ccc(C)cc2)c2ccc(C)cc2)cc1. The maximum absolute atomic E-state index is 5.50. The van der Waals surface area contributed by atoms with Crippen molar-refractivity contribution in [3.8, 4) is 0 Å². The molecule has 4 aromatic carbocycles. The van der Waals surface area contributed by atoms with Crippen molar-refractivity contribution in [2.75, 3.05) is 0 Å². The van der Waals surface area contributed by atoms with Crippen LogP contribution in [0.15, 0.2) is 108 Å². The van der Waals surface area contributed by atoms with Crippen LogP contribution >= 0.6 is 7.05 Å². The Morgan fingerprint density at radius 3 is 1.14 bits per heavy atom. The zero-order valence-corrected chi connectivity index (χ0v) is 18.1. The zero-order valence-electron chi connectivity index (χ0n) is 17.2. The summed E-state index contributed by atoms with van der Waals surface area (Å²) in [5.41, 5.74) is 4.81. The molecule has 4 rings (SSSR count). The fourth-order valence-electron chi connectivity index (χ4n) is 3.57. The molecule has 0 saturated heterocycles. The van der Waals surface area contributed by atoms with E-state index in [9.17, 15) is 0 Å². The van der Waals surface area contributed by atoms with Gasteiger partial charge in [-0.2, -0.15) is 0 Å². The van der Waals surface area contributed by atoms with E-state index in [4.69, 9.17) is 4.74 Å². The third-order valence-corrected chi connectivity index (χ3v) is 8.91. The van der Waals surface area contributed by atoms with Gasteiger partial charge in [0.25, 0.3) is 0 Å². The number of nitrogens with zero attached hydrogens (tertiary/aromatic N) is 1. The van der Waals surface area contributed by atoms with Crippen LogP contribution in [0.1, 0.15) is 16.7 Å². The van der Waals surface area contributed by atoms with Crippen molar-refractivity contribution in [3.05, 3.63) is 120 Å². The summed E-state index contributed by atoms with van der Waals surface area (Å²) >= 11 is 0. The monoisotopic (exact) mass is 395 g/mol. The van der Waals surface area contributed by atoms with Gasteiger partial charge in [-0.15, -0.1) is 0 Å². The van der Waals surface area contributed by atoms with Gasteiger partial charge in [0, 0.05) is 15.9 Å². The smallest absolute Gasteiger partial charge is 0.0625 e. The highest BCUT2D eigenvalue weighted by Gasteiger charge is 2.27. The summed E-state index contributed by atoms with van der Waals surface area (Å²) < 4.78 is 5.50. The van der Waals surface area contributed by atoms with E-state index < -0.39 is 7.05 Å². The fraction of sp³-hybridized carbons (Fsp3) is 0.111. The van der Waals surface area contributed by atoms with Gasteiger partial charge in [-0.3, -0.25) is 4.74 Å². The van der Waals surface area contributed by atoms with Crippen molar-refractivity contribution in [1.29, 1.82) is 0 Å². The number of benzene rings is 4. The maximum atomic E-state index is 5.50. The first-order valence-electron chi connectivity index (χ1n) is 9.97. The van der Waals surface area contributed by atoms with Crippen LogP contribution in [-0.2, 0) is 0 Å². The lowest BCUT2D eigenvalue weighted by Crippen LogP contribution is -2.25. The van der Waals surface area contributed by atoms with Gasteiger partial charge in [-0.05, 0) is 32.9 Å². The summed E-state index contributed by atoms with van der Waals surface area (Å²) in [4.78, 5) is 0. The lowest BCUT2D eigenvalue weighted by atomic mass is 10.2. The summed E-state index contributed by atoms with van der Waals surface area (Å²) in [5.74, 6) is 0. The largest absolute Gasteiger partial charge is 0.254 e. The minimum absolute atomic E-state index is 1.02. The zero-order chi connectivity index (χ0) is 20.3. The molecule has 0 fully saturated rings. The molecule has 2 heteroatoms. The van der Waals surface area contributed by atoms with E-state index in [2.05, 4.69) is 118 Å². The second-order valence-corrected chi connectivity index (χ2v) is 10.6. The average Bonchev–Trinajstić information content (AvgIpc) is 2.75. The number of hydrogen-bond donors (Lipinski definition) is 0. The van der Waals surface area contributed by atoms with Crippen molar-refractivity contribution >= 4 is 28.7 Å². The van der Waals surface area contributed by atoms with Crippen LogP contribution in [0, 0.1) is 20.8 Å². The Labute approximate surface area is 174 Å². The van der Waals surface area contributed by atoms with E-state index in [1.54, 1.807) is 0 Å². The van der Waals surface area contributed by atoms with Crippen molar-refractivity contribution in [2.24, 2.45) is 4.74 Å². The molecule has 0 aliphatic heterocycles. The molecule has 0 radical (unpaired) electrons. The molecule has 0 spiro atoms. The molecular formula is C27H26NP. The maximum Gasteiger partial charge on any atom is 0.0625 e. The molecule has 1 nitrogen and oxygen atoms in total. The summed E-state index contributed by atoms with van der Waals surface area (Å²) in [6, 6.07) is 37.1. The van der Waals surface area contributed by atoms with Crippen LogP contribution < -0.4 is 15.9 Å². The number of aryl methyl sites for hydroxylation is 3. The second-order valence-electron chi connectivity index (χ2n) is 7.58. The van der Waals surface area contributed by atoms with Crippen LogP contribution in [-0.4, -0.2) is 0 Å². The molecule has 0 heterocycles. The fourth-order valence-corrected chi connectivity index (χ4v) is 7.03. The molecule has 0 N–H and O–H groups in total. The number of hydrogen-bond acceptors (Lipinski definition) is 1. The normalized spacial score (nSPS) is 11.3. The summed E-state index contributed by atoms with van der Waals surface area (Å²) in [7, 11) is -2.21. The molecular weight excluding hydrogens is 369 g/mol. The Kier molecular flexibility index (Phi) is 5.51. The van der Waals surface area contributed by atoms with Crippen molar-refractivity contribution in [3.63, 3.8) is 0 Å². The van der Waals surface area contributed by atoms with Gasteiger partial charge >= 0.3 is 0 Å². The lowest BCUT2D eigenvalue weighted by Gasteiger charge is -2.27. The van der Waals surface area contributed by atoms with Gasteiger partial charge in [-0.1, -0.05) is 108 Å². The molecule has 0 aliphatic rings. The van der Waals surface area contributed by atoms with Crippen LogP contribution in [0.2, 0.25) is 0 Å². The summed E-state index contributed by atoms with van der Waals surface area (Å²) in [5, 5.41) is 3.83. The van der Waals surface area contributed by atoms with Crippen molar-refractivity contribution in [2.45, 2.75) is 20.8 Å². The van der Waals surface area contributed by atoms with Crippen LogP contribution in [0.3, 0.4) is 0 Å². The molecule has 4 aromatic rings. The first-order valence-corrected chi connectivity index (χ1v) is 11.7. The third kappa shape index (κ3) is 3.97. The quantitative estimate of drug-likeness (QED) is 0.354. The molecule has 0 amide bonds. The van der Waals surface area contributed by atoms with Crippen LogP contribution in [0.5, 0.6) is 0 Å². The standard InChI is InChI=1S/C27H26NP/c1-21-9-15-25(16-10-21)29(26-17-11-22(2)12-18-26,27-19-13-23(3)14-20-27)28-24-7-5-4-6-8-24/h4-20H,1-3H3. The highest BCUT2D eigenvalue weighted by atomic mass is 31.2. The first kappa shape index (κ1) is 19.4. The molecule has 0 atom stereocenters. The molecule has 144 valence electrons. The highest BCUT2D eigenvalue weighted by Crippen LogP contribution is 2.49. The highest BCUT2D eigenvalue weighted by molar-refractivity contribution is 7.87. The molecule has 0 unspecified atom stereocenters. The topological polar surface area (TPSA) is 12.4 Å². The van der Waals surface area contributed by atoms with E-state index in [0.29, 0.717) is 0 Å². The molecule has 29 heavy (non-hydrogen) atoms. The predicted molar refractivity (Wildman–Crippen MR) is 128 cm³/mol. The van der Waals surface area contributed by atoms with Crippen molar-refractivity contribution in [1.82, 2.24) is 0 Å². The van der Waals surface area contributed by atoms with Gasteiger partial charge in [0.15, 0.2) is 0 Å². The van der Waals surface area contributed by atoms with Gasteiger partial charge in [0.05, 0.1) is 12.7 Å². The van der Waals surface area contributed by atoms with Gasteiger partial charge in [0.1, 0.15) is 0 Å². The van der Waals surface area contributed by atoms with Crippen molar-refractivity contribution < 1.29 is 0 Å². The second kappa shape index (κ2) is 8.23. The van der Waals surface area contributed by atoms with E-state index in [-0.39, 0.29) is 0 Å². The van der Waals surface area contributed by atoms with E-state index in [1.165, 1.54) is 32.6 Å². The average molecular weight is 395 g/mol. The van der Waals surface area contributed by atoms with E-state index in [0.717, 1.165) is 5.69 Å². The minimum Gasteiger partial charge on any atom is -0.254 e. The minimum atomic E-state index is -2.21. The predicted octanol–water partition coefficient (Wildman–Crippen LogP) is 6.42. The number of rotatable bonds is 4. The molecule has 0 bridgehead atoms. The first-order chi connectivity index (χ1) is 14.1. The van der Waals surface area contributed by atoms with Gasteiger partial charge < -0.3 is 0 Å². The van der Waals surface area contributed by atoms with E-state index in [1.807, 2.05) is 6.07 Å². The summed E-state index contributed by atoms with van der Waals surface area (Å²) in [6.07, 6.45) is 0. The van der Waals surface area contributed by atoms with E-state index >= 15 is 0 Å². The Balaban J connectivity index is 2.12. The van der Waals surface area contributed by atoms with Gasteiger partial charge in [0.2, 0.25) is 0 Å². The van der Waals surface area contributed by atoms with Crippen LogP contribution in [0.4, 0.5) is 5.69 Å². The summed E-state index contributed by atoms with van der Waals surface area (Å²) in [6.45, 7) is 6.40. The molecule has 0 aromatic heterocycles. The lowest BCUT2D eigenvalue weighted by molar-refractivity contribution is 1.47. The Bertz CT molecular complexity index is 1020. The Morgan fingerprint density at radius 1 is 0.448 bits per heavy atom. The van der Waals surface area contributed by atoms with Crippen LogP contribution in [0.25, 0.3) is 0 Å².